The fourth-order valence-corrected chi connectivity index (χ4v) is 2.51. The zero-order valence-electron chi connectivity index (χ0n) is 10.8. The maximum atomic E-state index is 5.74. The van der Waals surface area contributed by atoms with E-state index in [-0.39, 0.29) is 0 Å². The van der Waals surface area contributed by atoms with Crippen LogP contribution in [0.1, 0.15) is 24.8 Å². The van der Waals surface area contributed by atoms with Crippen molar-refractivity contribution in [1.29, 1.82) is 0 Å². The van der Waals surface area contributed by atoms with Gasteiger partial charge in [0.05, 0.1) is 6.61 Å². The van der Waals surface area contributed by atoms with Crippen molar-refractivity contribution in [3.63, 3.8) is 0 Å². The molecule has 18 heavy (non-hydrogen) atoms. The summed E-state index contributed by atoms with van der Waals surface area (Å²) in [5, 5.41) is 0. The van der Waals surface area contributed by atoms with Crippen molar-refractivity contribution in [1.82, 2.24) is 4.90 Å². The van der Waals surface area contributed by atoms with E-state index in [9.17, 15) is 0 Å². The van der Waals surface area contributed by atoms with Gasteiger partial charge in [-0.3, -0.25) is 0 Å². The largest absolute Gasteiger partial charge is 0.494 e. The van der Waals surface area contributed by atoms with Crippen LogP contribution in [0.3, 0.4) is 0 Å². The van der Waals surface area contributed by atoms with E-state index in [2.05, 4.69) is 11.9 Å². The smallest absolute Gasteiger partial charge is 0.119 e. The maximum Gasteiger partial charge on any atom is 0.119 e. The van der Waals surface area contributed by atoms with E-state index in [1.807, 2.05) is 24.3 Å². The average Bonchev–Trinajstić information content (AvgIpc) is 2.76. The monoisotopic (exact) mass is 264 g/mol. The number of hydrogen-bond acceptors (Lipinski definition) is 3. The van der Waals surface area contributed by atoms with Crippen LogP contribution in [0.15, 0.2) is 24.3 Å². The molecule has 0 aromatic heterocycles. The van der Waals surface area contributed by atoms with Gasteiger partial charge in [0.25, 0.3) is 0 Å². The second kappa shape index (κ2) is 6.16. The Bertz CT molecular complexity index is 405. The van der Waals surface area contributed by atoms with Gasteiger partial charge in [0.2, 0.25) is 0 Å². The molecule has 0 amide bonds. The zero-order valence-corrected chi connectivity index (χ0v) is 11.6. The standard InChI is InChI=1S/C14H20N2OS/c1-16-9-2-3-12(16)8-10-17-13-6-4-11(5-7-13)14(15)18/h4-7,12H,2-3,8-10H2,1H3,(H2,15,18). The van der Waals surface area contributed by atoms with E-state index in [4.69, 9.17) is 22.7 Å². The summed E-state index contributed by atoms with van der Waals surface area (Å²) in [7, 11) is 2.19. The van der Waals surface area contributed by atoms with Gasteiger partial charge in [0, 0.05) is 11.6 Å². The average molecular weight is 264 g/mol. The summed E-state index contributed by atoms with van der Waals surface area (Å²) in [6.45, 7) is 1.98. The minimum atomic E-state index is 0.425. The van der Waals surface area contributed by atoms with E-state index in [0.29, 0.717) is 11.0 Å². The fourth-order valence-electron chi connectivity index (χ4n) is 2.37. The lowest BCUT2D eigenvalue weighted by molar-refractivity contribution is 0.233. The van der Waals surface area contributed by atoms with Crippen LogP contribution in [-0.2, 0) is 0 Å². The first kappa shape index (κ1) is 13.3. The molecule has 1 aromatic rings. The van der Waals surface area contributed by atoms with Crippen LogP contribution < -0.4 is 10.5 Å². The number of ether oxygens (including phenoxy) is 1. The molecule has 0 spiro atoms. The number of nitrogens with two attached hydrogens (primary N) is 1. The molecule has 1 aliphatic rings. The molecule has 2 N–H and O–H groups in total. The van der Waals surface area contributed by atoms with Crippen LogP contribution in [0.2, 0.25) is 0 Å². The van der Waals surface area contributed by atoms with E-state index in [1.165, 1.54) is 19.4 Å². The highest BCUT2D eigenvalue weighted by Gasteiger charge is 2.20. The molecule has 1 fully saturated rings. The van der Waals surface area contributed by atoms with Crippen molar-refractivity contribution in [2.24, 2.45) is 5.73 Å². The second-order valence-electron chi connectivity index (χ2n) is 4.80. The molecule has 0 aliphatic carbocycles. The molecule has 0 saturated carbocycles. The third kappa shape index (κ3) is 3.43. The van der Waals surface area contributed by atoms with Gasteiger partial charge < -0.3 is 15.4 Å². The Morgan fingerprint density at radius 1 is 1.44 bits per heavy atom. The number of nitrogens with zero attached hydrogens (tertiary/aromatic N) is 1. The molecule has 1 heterocycles. The summed E-state index contributed by atoms with van der Waals surface area (Å²) in [6.07, 6.45) is 3.69. The molecule has 1 aromatic carbocycles. The third-order valence-corrected chi connectivity index (χ3v) is 3.77. The van der Waals surface area contributed by atoms with Crippen LogP contribution in [0.5, 0.6) is 5.75 Å². The Hall–Kier alpha value is -1.13. The first-order chi connectivity index (χ1) is 8.66. The zero-order chi connectivity index (χ0) is 13.0. The molecule has 0 bridgehead atoms. The Balaban J connectivity index is 1.78. The Kier molecular flexibility index (Phi) is 4.55. The van der Waals surface area contributed by atoms with E-state index < -0.39 is 0 Å². The molecule has 0 radical (unpaired) electrons. The molecule has 4 heteroatoms. The minimum Gasteiger partial charge on any atom is -0.494 e. The molecule has 1 aliphatic heterocycles. The molecular weight excluding hydrogens is 244 g/mol. The van der Waals surface area contributed by atoms with Crippen molar-refractivity contribution < 1.29 is 4.74 Å². The molecule has 2 rings (SSSR count). The summed E-state index contributed by atoms with van der Waals surface area (Å²) in [4.78, 5) is 2.84. The molecule has 3 nitrogen and oxygen atoms in total. The highest BCUT2D eigenvalue weighted by molar-refractivity contribution is 7.80. The summed E-state index contributed by atoms with van der Waals surface area (Å²) in [5.74, 6) is 0.885. The number of thiocarbonyl (C=S) groups is 1. The summed E-state index contributed by atoms with van der Waals surface area (Å²) >= 11 is 4.91. The molecule has 1 atom stereocenters. The van der Waals surface area contributed by atoms with Crippen LogP contribution >= 0.6 is 12.2 Å². The summed E-state index contributed by atoms with van der Waals surface area (Å²) in [5.41, 5.74) is 6.43. The number of likely N-dealkylation sites (tertiary alicyclic amines) is 1. The summed E-state index contributed by atoms with van der Waals surface area (Å²) < 4.78 is 5.74. The maximum absolute atomic E-state index is 5.74. The van der Waals surface area contributed by atoms with Gasteiger partial charge in [-0.25, -0.2) is 0 Å². The predicted molar refractivity (Wildman–Crippen MR) is 78.1 cm³/mol. The Labute approximate surface area is 114 Å². The SMILES string of the molecule is CN1CCCC1CCOc1ccc(C(N)=S)cc1. The van der Waals surface area contributed by atoms with Crippen molar-refractivity contribution in [2.45, 2.75) is 25.3 Å². The van der Waals surface area contributed by atoms with Crippen molar-refractivity contribution >= 4 is 17.2 Å². The Morgan fingerprint density at radius 3 is 2.72 bits per heavy atom. The van der Waals surface area contributed by atoms with Gasteiger partial charge >= 0.3 is 0 Å². The van der Waals surface area contributed by atoms with Crippen LogP contribution in [0.4, 0.5) is 0 Å². The normalized spacial score (nSPS) is 19.9. The lowest BCUT2D eigenvalue weighted by atomic mass is 10.1. The molecular formula is C14H20N2OS. The summed E-state index contributed by atoms with van der Waals surface area (Å²) in [6, 6.07) is 8.33. The lowest BCUT2D eigenvalue weighted by Gasteiger charge is -2.19. The number of hydrogen-bond donors (Lipinski definition) is 1. The van der Waals surface area contributed by atoms with Crippen LogP contribution in [-0.4, -0.2) is 36.1 Å². The lowest BCUT2D eigenvalue weighted by Crippen LogP contribution is -2.26. The highest BCUT2D eigenvalue weighted by Crippen LogP contribution is 2.19. The van der Waals surface area contributed by atoms with Crippen LogP contribution in [0.25, 0.3) is 0 Å². The van der Waals surface area contributed by atoms with Gasteiger partial charge in [0.15, 0.2) is 0 Å². The quantitative estimate of drug-likeness (QED) is 0.827. The van der Waals surface area contributed by atoms with Gasteiger partial charge in [-0.2, -0.15) is 0 Å². The van der Waals surface area contributed by atoms with E-state index in [0.717, 1.165) is 24.3 Å². The number of benzene rings is 1. The van der Waals surface area contributed by atoms with Gasteiger partial charge in [0.1, 0.15) is 10.7 Å². The van der Waals surface area contributed by atoms with Crippen LogP contribution in [0, 0.1) is 0 Å². The third-order valence-electron chi connectivity index (χ3n) is 3.53. The minimum absolute atomic E-state index is 0.425. The van der Waals surface area contributed by atoms with Gasteiger partial charge in [-0.1, -0.05) is 12.2 Å². The van der Waals surface area contributed by atoms with Gasteiger partial charge in [-0.05, 0) is 57.1 Å². The molecule has 98 valence electrons. The first-order valence-electron chi connectivity index (χ1n) is 6.40. The molecule has 1 saturated heterocycles. The Morgan fingerprint density at radius 2 is 2.17 bits per heavy atom. The molecule has 1 unspecified atom stereocenters. The van der Waals surface area contributed by atoms with E-state index in [1.54, 1.807) is 0 Å². The fraction of sp³-hybridized carbons (Fsp3) is 0.500. The van der Waals surface area contributed by atoms with Gasteiger partial charge in [-0.15, -0.1) is 0 Å². The van der Waals surface area contributed by atoms with Crippen molar-refractivity contribution in [3.8, 4) is 5.75 Å². The van der Waals surface area contributed by atoms with Crippen molar-refractivity contribution in [3.05, 3.63) is 29.8 Å². The number of rotatable bonds is 5. The van der Waals surface area contributed by atoms with E-state index >= 15 is 0 Å². The highest BCUT2D eigenvalue weighted by atomic mass is 32.1. The predicted octanol–water partition coefficient (Wildman–Crippen LogP) is 2.18. The second-order valence-corrected chi connectivity index (χ2v) is 5.24. The van der Waals surface area contributed by atoms with Crippen molar-refractivity contribution in [2.75, 3.05) is 20.2 Å². The first-order valence-corrected chi connectivity index (χ1v) is 6.80. The topological polar surface area (TPSA) is 38.5 Å².